The summed E-state index contributed by atoms with van der Waals surface area (Å²) in [6.45, 7) is 5.95. The van der Waals surface area contributed by atoms with Crippen LogP contribution in [0.2, 0.25) is 0 Å². The summed E-state index contributed by atoms with van der Waals surface area (Å²) in [7, 11) is -3.87. The largest absolute Gasteiger partial charge is 0.440 e. The first-order valence-corrected chi connectivity index (χ1v) is 9.67. The van der Waals surface area contributed by atoms with Gasteiger partial charge in [0.25, 0.3) is 10.0 Å². The van der Waals surface area contributed by atoms with Crippen LogP contribution in [0.1, 0.15) is 26.7 Å². The van der Waals surface area contributed by atoms with E-state index in [0.717, 1.165) is 0 Å². The smallest absolute Gasteiger partial charge is 0.417 e. The second-order valence-corrected chi connectivity index (χ2v) is 8.91. The van der Waals surface area contributed by atoms with Crippen molar-refractivity contribution >= 4 is 37.9 Å². The van der Waals surface area contributed by atoms with Gasteiger partial charge in [0.05, 0.1) is 16.1 Å². The van der Waals surface area contributed by atoms with E-state index in [-0.39, 0.29) is 15.9 Å². The van der Waals surface area contributed by atoms with E-state index in [1.54, 1.807) is 18.2 Å². The SMILES string of the molecule is CC(C)(C)c1nc2cc(NS(=O)(=O)c3ccc4[nH]c(=O)oc4c3)ccc2o1. The van der Waals surface area contributed by atoms with Crippen molar-refractivity contribution in [2.75, 3.05) is 4.72 Å². The van der Waals surface area contributed by atoms with Crippen LogP contribution >= 0.6 is 0 Å². The number of nitrogens with zero attached hydrogens (tertiary/aromatic N) is 1. The zero-order chi connectivity index (χ0) is 19.4. The number of sulfonamides is 1. The van der Waals surface area contributed by atoms with E-state index in [2.05, 4.69) is 14.7 Å². The summed E-state index contributed by atoms with van der Waals surface area (Å²) in [5, 5.41) is 0. The maximum atomic E-state index is 12.7. The first kappa shape index (κ1) is 17.3. The van der Waals surface area contributed by atoms with E-state index in [1.165, 1.54) is 18.2 Å². The summed E-state index contributed by atoms with van der Waals surface area (Å²) in [5.74, 6) is -0.0657. The highest BCUT2D eigenvalue weighted by molar-refractivity contribution is 7.92. The molecule has 2 heterocycles. The predicted octanol–water partition coefficient (Wildman–Crippen LogP) is 3.36. The van der Waals surface area contributed by atoms with Crippen LogP contribution < -0.4 is 10.5 Å². The minimum atomic E-state index is -3.87. The molecule has 8 nitrogen and oxygen atoms in total. The molecule has 2 aromatic carbocycles. The van der Waals surface area contributed by atoms with Gasteiger partial charge >= 0.3 is 5.76 Å². The fraction of sp³-hybridized carbons (Fsp3) is 0.222. The molecule has 0 aliphatic carbocycles. The van der Waals surface area contributed by atoms with Gasteiger partial charge in [-0.3, -0.25) is 9.71 Å². The van der Waals surface area contributed by atoms with Gasteiger partial charge in [-0.25, -0.2) is 18.2 Å². The molecule has 0 bridgehead atoms. The van der Waals surface area contributed by atoms with Crippen LogP contribution in [0.25, 0.3) is 22.2 Å². The number of hydrogen-bond acceptors (Lipinski definition) is 6. The first-order chi connectivity index (χ1) is 12.6. The van der Waals surface area contributed by atoms with Gasteiger partial charge < -0.3 is 8.83 Å². The van der Waals surface area contributed by atoms with E-state index in [0.29, 0.717) is 28.2 Å². The summed E-state index contributed by atoms with van der Waals surface area (Å²) in [4.78, 5) is 18.1. The molecule has 27 heavy (non-hydrogen) atoms. The Labute approximate surface area is 154 Å². The van der Waals surface area contributed by atoms with Crippen molar-refractivity contribution < 1.29 is 17.3 Å². The van der Waals surface area contributed by atoms with Crippen LogP contribution in [-0.2, 0) is 15.4 Å². The van der Waals surface area contributed by atoms with E-state index in [1.807, 2.05) is 20.8 Å². The Morgan fingerprint density at radius 3 is 2.56 bits per heavy atom. The summed E-state index contributed by atoms with van der Waals surface area (Å²) < 4.78 is 38.5. The lowest BCUT2D eigenvalue weighted by atomic mass is 9.97. The van der Waals surface area contributed by atoms with Crippen molar-refractivity contribution in [2.45, 2.75) is 31.1 Å². The molecule has 2 N–H and O–H groups in total. The van der Waals surface area contributed by atoms with Crippen LogP contribution in [0.5, 0.6) is 0 Å². The molecule has 4 rings (SSSR count). The third-order valence-corrected chi connectivity index (χ3v) is 5.36. The van der Waals surface area contributed by atoms with Crippen molar-refractivity contribution in [2.24, 2.45) is 0 Å². The van der Waals surface area contributed by atoms with E-state index in [9.17, 15) is 13.2 Å². The average Bonchev–Trinajstić information content (AvgIpc) is 3.15. The zero-order valence-corrected chi connectivity index (χ0v) is 15.7. The van der Waals surface area contributed by atoms with Gasteiger partial charge in [-0.2, -0.15) is 0 Å². The molecule has 0 atom stereocenters. The fourth-order valence-electron chi connectivity index (χ4n) is 2.62. The number of fused-ring (bicyclic) bond motifs is 2. The van der Waals surface area contributed by atoms with Gasteiger partial charge in [-0.1, -0.05) is 20.8 Å². The number of anilines is 1. The molecule has 0 amide bonds. The van der Waals surface area contributed by atoms with E-state index in [4.69, 9.17) is 8.83 Å². The molecule has 4 aromatic rings. The number of aromatic nitrogens is 2. The predicted molar refractivity (Wildman–Crippen MR) is 100 cm³/mol. The second kappa shape index (κ2) is 5.71. The maximum Gasteiger partial charge on any atom is 0.417 e. The van der Waals surface area contributed by atoms with Crippen LogP contribution in [0.4, 0.5) is 5.69 Å². The van der Waals surface area contributed by atoms with Gasteiger partial charge in [0.1, 0.15) is 5.52 Å². The quantitative estimate of drug-likeness (QED) is 0.556. The van der Waals surface area contributed by atoms with Gasteiger partial charge in [-0.05, 0) is 30.3 Å². The standard InChI is InChI=1S/C18H17N3O5S/c1-18(2,3)16-19-13-8-10(4-7-14(13)25-16)21-27(23,24)11-5-6-12-15(9-11)26-17(22)20-12/h4-9,21H,1-3H3,(H,20,22). The number of aromatic amines is 1. The molecular weight excluding hydrogens is 370 g/mol. The van der Waals surface area contributed by atoms with Gasteiger partial charge in [-0.15, -0.1) is 0 Å². The lowest BCUT2D eigenvalue weighted by Gasteiger charge is -2.11. The highest BCUT2D eigenvalue weighted by Gasteiger charge is 2.22. The van der Waals surface area contributed by atoms with E-state index >= 15 is 0 Å². The van der Waals surface area contributed by atoms with Gasteiger partial charge in [0.2, 0.25) is 5.89 Å². The third-order valence-electron chi connectivity index (χ3n) is 3.98. The number of H-pyrrole nitrogens is 1. The van der Waals surface area contributed by atoms with Crippen molar-refractivity contribution in [3.63, 3.8) is 0 Å². The molecule has 0 saturated carbocycles. The Hall–Kier alpha value is -3.07. The number of nitrogens with one attached hydrogen (secondary N) is 2. The number of oxazole rings is 2. The highest BCUT2D eigenvalue weighted by atomic mass is 32.2. The molecule has 140 valence electrons. The topological polar surface area (TPSA) is 118 Å². The minimum Gasteiger partial charge on any atom is -0.440 e. The molecule has 0 unspecified atom stereocenters. The Balaban J connectivity index is 1.69. The molecule has 0 aliphatic heterocycles. The summed E-state index contributed by atoms with van der Waals surface area (Å²) in [6.07, 6.45) is 0. The fourth-order valence-corrected chi connectivity index (χ4v) is 3.68. The molecule has 2 aromatic heterocycles. The second-order valence-electron chi connectivity index (χ2n) is 7.23. The number of rotatable bonds is 3. The molecule has 0 fully saturated rings. The van der Waals surface area contributed by atoms with Crippen LogP contribution in [0, 0.1) is 0 Å². The van der Waals surface area contributed by atoms with Gasteiger partial charge in [0.15, 0.2) is 11.2 Å². The van der Waals surface area contributed by atoms with Crippen molar-refractivity contribution in [1.82, 2.24) is 9.97 Å². The summed E-state index contributed by atoms with van der Waals surface area (Å²) >= 11 is 0. The zero-order valence-electron chi connectivity index (χ0n) is 14.9. The molecule has 0 spiro atoms. The molecule has 9 heteroatoms. The van der Waals surface area contributed by atoms with Crippen molar-refractivity contribution in [3.8, 4) is 0 Å². The minimum absolute atomic E-state index is 0.0200. The Morgan fingerprint density at radius 2 is 1.81 bits per heavy atom. The van der Waals surface area contributed by atoms with Crippen molar-refractivity contribution in [3.05, 3.63) is 52.8 Å². The van der Waals surface area contributed by atoms with Crippen LogP contribution in [0.15, 0.2) is 54.9 Å². The number of benzene rings is 2. The summed E-state index contributed by atoms with van der Waals surface area (Å²) in [6, 6.07) is 9.05. The normalized spacial score (nSPS) is 12.7. The Bertz CT molecular complexity index is 1320. The third kappa shape index (κ3) is 3.21. The molecule has 0 radical (unpaired) electrons. The average molecular weight is 387 g/mol. The molecular formula is C18H17N3O5S. The van der Waals surface area contributed by atoms with Crippen LogP contribution in [0.3, 0.4) is 0 Å². The number of hydrogen-bond donors (Lipinski definition) is 2. The van der Waals surface area contributed by atoms with Gasteiger partial charge in [0, 0.05) is 11.5 Å². The maximum absolute atomic E-state index is 12.7. The molecule has 0 saturated heterocycles. The lowest BCUT2D eigenvalue weighted by Crippen LogP contribution is -2.12. The van der Waals surface area contributed by atoms with E-state index < -0.39 is 15.8 Å². The van der Waals surface area contributed by atoms with Crippen LogP contribution in [-0.4, -0.2) is 18.4 Å². The first-order valence-electron chi connectivity index (χ1n) is 8.19. The monoisotopic (exact) mass is 387 g/mol. The Kier molecular flexibility index (Phi) is 3.67. The highest BCUT2D eigenvalue weighted by Crippen LogP contribution is 2.28. The van der Waals surface area contributed by atoms with Crippen molar-refractivity contribution in [1.29, 1.82) is 0 Å². The lowest BCUT2D eigenvalue weighted by molar-refractivity contribution is 0.411. The Morgan fingerprint density at radius 1 is 1.04 bits per heavy atom. The summed E-state index contributed by atoms with van der Waals surface area (Å²) in [5.41, 5.74) is 1.84. The molecule has 0 aliphatic rings.